The smallest absolute Gasteiger partial charge is 0.309 e. The lowest BCUT2D eigenvalue weighted by Gasteiger charge is -2.29. The quantitative estimate of drug-likeness (QED) is 0.675. The molecule has 1 fully saturated rings. The molecule has 1 rings (SSSR count). The molecule has 4 nitrogen and oxygen atoms in total. The third-order valence-electron chi connectivity index (χ3n) is 5.09. The molecule has 2 N–H and O–H groups in total. The Kier molecular flexibility index (Phi) is 6.43. The van der Waals surface area contributed by atoms with Gasteiger partial charge in [-0.15, -0.1) is 6.58 Å². The molecule has 1 saturated carbocycles. The van der Waals surface area contributed by atoms with Crippen molar-refractivity contribution in [2.24, 2.45) is 17.3 Å². The molecule has 1 aliphatic carbocycles. The second kappa shape index (κ2) is 7.62. The SMILES string of the molecule is C=CC1CCC(CC[C@@H](CC)C(C)NC(C)=O)(C(=O)O)C1. The van der Waals surface area contributed by atoms with E-state index in [0.717, 1.165) is 25.7 Å². The highest BCUT2D eigenvalue weighted by atomic mass is 16.4. The molecule has 1 aliphatic rings. The number of aliphatic carboxylic acids is 1. The molecule has 0 heterocycles. The molecule has 4 atom stereocenters. The van der Waals surface area contributed by atoms with Gasteiger partial charge in [-0.1, -0.05) is 19.4 Å². The molecule has 0 saturated heterocycles. The number of carbonyl (C=O) groups is 2. The number of amides is 1. The first-order chi connectivity index (χ1) is 9.84. The normalized spacial score (nSPS) is 27.9. The van der Waals surface area contributed by atoms with E-state index in [2.05, 4.69) is 18.8 Å². The Morgan fingerprint density at radius 3 is 2.62 bits per heavy atom. The van der Waals surface area contributed by atoms with Crippen LogP contribution in [0, 0.1) is 17.3 Å². The molecule has 120 valence electrons. The van der Waals surface area contributed by atoms with E-state index in [-0.39, 0.29) is 11.9 Å². The van der Waals surface area contributed by atoms with Gasteiger partial charge in [0.25, 0.3) is 0 Å². The van der Waals surface area contributed by atoms with Gasteiger partial charge in [0, 0.05) is 13.0 Å². The Balaban J connectivity index is 2.66. The van der Waals surface area contributed by atoms with Crippen molar-refractivity contribution in [3.8, 4) is 0 Å². The molecular formula is C17H29NO3. The van der Waals surface area contributed by atoms with Crippen LogP contribution in [0.25, 0.3) is 0 Å². The lowest BCUT2D eigenvalue weighted by molar-refractivity contribution is -0.149. The van der Waals surface area contributed by atoms with E-state index in [9.17, 15) is 14.7 Å². The predicted molar refractivity (Wildman–Crippen MR) is 83.9 cm³/mol. The Bertz CT molecular complexity index is 393. The van der Waals surface area contributed by atoms with Gasteiger partial charge in [-0.2, -0.15) is 0 Å². The van der Waals surface area contributed by atoms with Crippen molar-refractivity contribution in [3.63, 3.8) is 0 Å². The number of carbonyl (C=O) groups excluding carboxylic acids is 1. The van der Waals surface area contributed by atoms with Crippen LogP contribution in [0.15, 0.2) is 12.7 Å². The highest BCUT2D eigenvalue weighted by Crippen LogP contribution is 2.46. The number of rotatable bonds is 8. The van der Waals surface area contributed by atoms with E-state index in [1.807, 2.05) is 13.0 Å². The first kappa shape index (κ1) is 17.7. The molecule has 0 aromatic carbocycles. The Morgan fingerprint density at radius 1 is 1.52 bits per heavy atom. The summed E-state index contributed by atoms with van der Waals surface area (Å²) < 4.78 is 0. The second-order valence-corrected chi connectivity index (χ2v) is 6.52. The first-order valence-corrected chi connectivity index (χ1v) is 7.97. The van der Waals surface area contributed by atoms with Crippen LogP contribution in [0.1, 0.15) is 59.3 Å². The largest absolute Gasteiger partial charge is 0.481 e. The maximum Gasteiger partial charge on any atom is 0.309 e. The van der Waals surface area contributed by atoms with Gasteiger partial charge in [-0.25, -0.2) is 0 Å². The fourth-order valence-corrected chi connectivity index (χ4v) is 3.60. The standard InChI is InChI=1S/C17H29NO3/c1-5-14-7-9-17(11-14,16(20)21)10-8-15(6-2)12(3)18-13(4)19/h5,12,14-15H,1,6-11H2,2-4H3,(H,18,19)(H,20,21)/t12?,14?,15-,17?/m1/s1. The fraction of sp³-hybridized carbons (Fsp3) is 0.765. The van der Waals surface area contributed by atoms with Crippen LogP contribution >= 0.6 is 0 Å². The van der Waals surface area contributed by atoms with Gasteiger partial charge in [0.1, 0.15) is 0 Å². The van der Waals surface area contributed by atoms with Crippen molar-refractivity contribution in [1.29, 1.82) is 0 Å². The fourth-order valence-electron chi connectivity index (χ4n) is 3.60. The summed E-state index contributed by atoms with van der Waals surface area (Å²) in [6.45, 7) is 9.42. The monoisotopic (exact) mass is 295 g/mol. The maximum atomic E-state index is 11.7. The van der Waals surface area contributed by atoms with Crippen LogP contribution in [0.3, 0.4) is 0 Å². The zero-order chi connectivity index (χ0) is 16.0. The molecular weight excluding hydrogens is 266 g/mol. The zero-order valence-corrected chi connectivity index (χ0v) is 13.5. The highest BCUT2D eigenvalue weighted by molar-refractivity contribution is 5.75. The van der Waals surface area contributed by atoms with Gasteiger partial charge in [-0.3, -0.25) is 9.59 Å². The van der Waals surface area contributed by atoms with Crippen LogP contribution in [-0.2, 0) is 9.59 Å². The molecule has 0 radical (unpaired) electrons. The third kappa shape index (κ3) is 4.58. The van der Waals surface area contributed by atoms with Crippen molar-refractivity contribution in [2.45, 2.75) is 65.3 Å². The van der Waals surface area contributed by atoms with Crippen LogP contribution in [0.2, 0.25) is 0 Å². The van der Waals surface area contributed by atoms with Crippen LogP contribution < -0.4 is 5.32 Å². The molecule has 0 spiro atoms. The van der Waals surface area contributed by atoms with Crippen molar-refractivity contribution in [3.05, 3.63) is 12.7 Å². The summed E-state index contributed by atoms with van der Waals surface area (Å²) in [4.78, 5) is 22.9. The van der Waals surface area contributed by atoms with Crippen LogP contribution in [-0.4, -0.2) is 23.0 Å². The van der Waals surface area contributed by atoms with Crippen molar-refractivity contribution >= 4 is 11.9 Å². The number of hydrogen-bond donors (Lipinski definition) is 2. The summed E-state index contributed by atoms with van der Waals surface area (Å²) >= 11 is 0. The van der Waals surface area contributed by atoms with E-state index < -0.39 is 11.4 Å². The van der Waals surface area contributed by atoms with Gasteiger partial charge >= 0.3 is 5.97 Å². The van der Waals surface area contributed by atoms with E-state index in [0.29, 0.717) is 24.7 Å². The summed E-state index contributed by atoms with van der Waals surface area (Å²) in [5.74, 6) is -0.0442. The third-order valence-corrected chi connectivity index (χ3v) is 5.09. The molecule has 4 heteroatoms. The molecule has 1 amide bonds. The van der Waals surface area contributed by atoms with Gasteiger partial charge in [-0.05, 0) is 50.9 Å². The highest BCUT2D eigenvalue weighted by Gasteiger charge is 2.44. The first-order valence-electron chi connectivity index (χ1n) is 7.97. The Hall–Kier alpha value is -1.32. The average Bonchev–Trinajstić information content (AvgIpc) is 2.83. The lowest BCUT2D eigenvalue weighted by atomic mass is 9.77. The van der Waals surface area contributed by atoms with Crippen molar-refractivity contribution in [2.75, 3.05) is 0 Å². The minimum absolute atomic E-state index is 0.0264. The Morgan fingerprint density at radius 2 is 2.19 bits per heavy atom. The number of carboxylic acid groups (broad SMARTS) is 1. The summed E-state index contributed by atoms with van der Waals surface area (Å²) in [5, 5.41) is 12.6. The minimum Gasteiger partial charge on any atom is -0.481 e. The van der Waals surface area contributed by atoms with Gasteiger partial charge < -0.3 is 10.4 Å². The van der Waals surface area contributed by atoms with Gasteiger partial charge in [0.2, 0.25) is 5.91 Å². The molecule has 0 aromatic rings. The summed E-state index contributed by atoms with van der Waals surface area (Å²) in [6, 6.07) is 0.0925. The zero-order valence-electron chi connectivity index (χ0n) is 13.5. The van der Waals surface area contributed by atoms with E-state index in [1.165, 1.54) is 6.92 Å². The molecule has 0 bridgehead atoms. The number of nitrogens with one attached hydrogen (secondary N) is 1. The molecule has 3 unspecified atom stereocenters. The maximum absolute atomic E-state index is 11.7. The Labute approximate surface area is 128 Å². The topological polar surface area (TPSA) is 66.4 Å². The van der Waals surface area contributed by atoms with Crippen molar-refractivity contribution in [1.82, 2.24) is 5.32 Å². The second-order valence-electron chi connectivity index (χ2n) is 6.52. The number of allylic oxidation sites excluding steroid dienone is 1. The average molecular weight is 295 g/mol. The summed E-state index contributed by atoms with van der Waals surface area (Å²) in [5.41, 5.74) is -0.595. The minimum atomic E-state index is -0.672. The van der Waals surface area contributed by atoms with Gasteiger partial charge in [0.05, 0.1) is 5.41 Å². The summed E-state index contributed by atoms with van der Waals surface area (Å²) in [6.07, 6.45) is 6.74. The number of carboxylic acids is 1. The van der Waals surface area contributed by atoms with Crippen LogP contribution in [0.5, 0.6) is 0 Å². The lowest BCUT2D eigenvalue weighted by Crippen LogP contribution is -2.38. The van der Waals surface area contributed by atoms with E-state index >= 15 is 0 Å². The van der Waals surface area contributed by atoms with E-state index in [4.69, 9.17) is 0 Å². The predicted octanol–water partition coefficient (Wildman–Crippen LogP) is 3.37. The number of hydrogen-bond acceptors (Lipinski definition) is 2. The van der Waals surface area contributed by atoms with Crippen molar-refractivity contribution < 1.29 is 14.7 Å². The van der Waals surface area contributed by atoms with Crippen LogP contribution in [0.4, 0.5) is 0 Å². The van der Waals surface area contributed by atoms with E-state index in [1.54, 1.807) is 0 Å². The summed E-state index contributed by atoms with van der Waals surface area (Å²) in [7, 11) is 0. The molecule has 0 aromatic heterocycles. The van der Waals surface area contributed by atoms with Gasteiger partial charge in [0.15, 0.2) is 0 Å². The molecule has 0 aliphatic heterocycles. The molecule has 21 heavy (non-hydrogen) atoms.